The molecule has 0 atom stereocenters. The molecule has 2 fully saturated rings. The van der Waals surface area contributed by atoms with Gasteiger partial charge in [-0.3, -0.25) is 9.69 Å². The first kappa shape index (κ1) is 16.1. The van der Waals surface area contributed by atoms with E-state index >= 15 is 0 Å². The summed E-state index contributed by atoms with van der Waals surface area (Å²) >= 11 is 1.59. The standard InChI is InChI=1S/C15H28N2O2S/c1-20-11-14(18)16-12-15(5-3-2-4-6-15)13-17-7-9-19-10-8-17/h2-13H2,1H3,(H,16,18). The lowest BCUT2D eigenvalue weighted by molar-refractivity contribution is -0.119. The molecule has 1 heterocycles. The molecule has 1 aliphatic heterocycles. The van der Waals surface area contributed by atoms with E-state index in [-0.39, 0.29) is 5.91 Å². The first-order chi connectivity index (χ1) is 9.74. The van der Waals surface area contributed by atoms with Crippen LogP contribution < -0.4 is 5.32 Å². The summed E-state index contributed by atoms with van der Waals surface area (Å²) in [5.74, 6) is 0.762. The maximum Gasteiger partial charge on any atom is 0.230 e. The monoisotopic (exact) mass is 300 g/mol. The second-order valence-corrected chi connectivity index (χ2v) is 7.02. The van der Waals surface area contributed by atoms with E-state index in [4.69, 9.17) is 4.74 Å². The molecule has 0 bridgehead atoms. The van der Waals surface area contributed by atoms with Crippen molar-refractivity contribution in [3.8, 4) is 0 Å². The van der Waals surface area contributed by atoms with Gasteiger partial charge >= 0.3 is 0 Å². The lowest BCUT2D eigenvalue weighted by Gasteiger charge is -2.42. The molecule has 4 nitrogen and oxygen atoms in total. The van der Waals surface area contributed by atoms with E-state index in [0.29, 0.717) is 11.2 Å². The molecule has 2 aliphatic rings. The van der Waals surface area contributed by atoms with Crippen LogP contribution in [0.15, 0.2) is 0 Å². The molecule has 0 unspecified atom stereocenters. The fourth-order valence-electron chi connectivity index (χ4n) is 3.39. The zero-order chi connectivity index (χ0) is 14.3. The fraction of sp³-hybridized carbons (Fsp3) is 0.933. The molecule has 5 heteroatoms. The number of carbonyl (C=O) groups excluding carboxylic acids is 1. The number of carbonyl (C=O) groups is 1. The highest BCUT2D eigenvalue weighted by Gasteiger charge is 2.34. The topological polar surface area (TPSA) is 41.6 Å². The van der Waals surface area contributed by atoms with Crippen molar-refractivity contribution < 1.29 is 9.53 Å². The molecule has 0 aromatic heterocycles. The second kappa shape index (κ2) is 8.25. The van der Waals surface area contributed by atoms with Gasteiger partial charge in [0.1, 0.15) is 0 Å². The van der Waals surface area contributed by atoms with E-state index in [1.807, 2.05) is 6.26 Å². The van der Waals surface area contributed by atoms with E-state index in [0.717, 1.165) is 39.4 Å². The van der Waals surface area contributed by atoms with Gasteiger partial charge in [-0.15, -0.1) is 0 Å². The van der Waals surface area contributed by atoms with Gasteiger partial charge in [0.05, 0.1) is 19.0 Å². The third-order valence-electron chi connectivity index (χ3n) is 4.51. The van der Waals surface area contributed by atoms with Crippen LogP contribution in [-0.2, 0) is 9.53 Å². The van der Waals surface area contributed by atoms with Crippen LogP contribution in [0, 0.1) is 5.41 Å². The van der Waals surface area contributed by atoms with Crippen LogP contribution in [0.1, 0.15) is 32.1 Å². The SMILES string of the molecule is CSCC(=O)NCC1(CN2CCOCC2)CCCCC1. The predicted octanol–water partition coefficient (Wildman–Crippen LogP) is 1.75. The van der Waals surface area contributed by atoms with E-state index in [9.17, 15) is 4.79 Å². The van der Waals surface area contributed by atoms with Crippen molar-refractivity contribution in [1.82, 2.24) is 10.2 Å². The normalized spacial score (nSPS) is 23.4. The number of thioether (sulfide) groups is 1. The summed E-state index contributed by atoms with van der Waals surface area (Å²) in [6, 6.07) is 0. The molecule has 1 saturated heterocycles. The highest BCUT2D eigenvalue weighted by atomic mass is 32.2. The maximum absolute atomic E-state index is 11.8. The number of nitrogens with zero attached hydrogens (tertiary/aromatic N) is 1. The smallest absolute Gasteiger partial charge is 0.230 e. The molecular formula is C15H28N2O2S. The van der Waals surface area contributed by atoms with Crippen molar-refractivity contribution in [2.24, 2.45) is 5.41 Å². The van der Waals surface area contributed by atoms with Gasteiger partial charge in [-0.1, -0.05) is 19.3 Å². The molecule has 20 heavy (non-hydrogen) atoms. The van der Waals surface area contributed by atoms with Gasteiger partial charge in [0.25, 0.3) is 0 Å². The second-order valence-electron chi connectivity index (χ2n) is 6.16. The Balaban J connectivity index is 1.88. The van der Waals surface area contributed by atoms with Gasteiger partial charge in [0.2, 0.25) is 5.91 Å². The van der Waals surface area contributed by atoms with Crippen LogP contribution >= 0.6 is 11.8 Å². The Kier molecular flexibility index (Phi) is 6.65. The van der Waals surface area contributed by atoms with E-state index in [1.165, 1.54) is 32.1 Å². The first-order valence-corrected chi connectivity index (χ1v) is 9.19. The summed E-state index contributed by atoms with van der Waals surface area (Å²) < 4.78 is 5.44. The lowest BCUT2D eigenvalue weighted by Crippen LogP contribution is -2.49. The van der Waals surface area contributed by atoms with Gasteiger partial charge in [-0.25, -0.2) is 0 Å². The lowest BCUT2D eigenvalue weighted by atomic mass is 9.73. The summed E-state index contributed by atoms with van der Waals surface area (Å²) in [5, 5.41) is 3.17. The molecule has 1 N–H and O–H groups in total. The van der Waals surface area contributed by atoms with Crippen molar-refractivity contribution in [2.45, 2.75) is 32.1 Å². The zero-order valence-corrected chi connectivity index (χ0v) is 13.5. The summed E-state index contributed by atoms with van der Waals surface area (Å²) in [4.78, 5) is 14.3. The Morgan fingerprint density at radius 1 is 1.25 bits per heavy atom. The highest BCUT2D eigenvalue weighted by molar-refractivity contribution is 7.99. The summed E-state index contributed by atoms with van der Waals surface area (Å²) in [5.41, 5.74) is 0.295. The molecule has 0 spiro atoms. The van der Waals surface area contributed by atoms with Crippen molar-refractivity contribution >= 4 is 17.7 Å². The number of amides is 1. The quantitative estimate of drug-likeness (QED) is 0.811. The van der Waals surface area contributed by atoms with Crippen LogP contribution in [0.25, 0.3) is 0 Å². The summed E-state index contributed by atoms with van der Waals surface area (Å²) in [6.45, 7) is 5.77. The number of nitrogens with one attached hydrogen (secondary N) is 1. The largest absolute Gasteiger partial charge is 0.379 e. The van der Waals surface area contributed by atoms with E-state index in [1.54, 1.807) is 11.8 Å². The van der Waals surface area contributed by atoms with Crippen LogP contribution in [0.5, 0.6) is 0 Å². The van der Waals surface area contributed by atoms with Gasteiger partial charge < -0.3 is 10.1 Å². The molecule has 1 saturated carbocycles. The third kappa shape index (κ3) is 4.93. The number of hydrogen-bond donors (Lipinski definition) is 1. The van der Waals surface area contributed by atoms with Gasteiger partial charge in [0.15, 0.2) is 0 Å². The molecule has 1 aliphatic carbocycles. The van der Waals surface area contributed by atoms with Crippen LogP contribution in [0.2, 0.25) is 0 Å². The van der Waals surface area contributed by atoms with Gasteiger partial charge in [-0.2, -0.15) is 11.8 Å². The molecule has 0 aromatic rings. The molecule has 0 radical (unpaired) electrons. The number of rotatable bonds is 6. The van der Waals surface area contributed by atoms with Crippen molar-refractivity contribution in [1.29, 1.82) is 0 Å². The molecular weight excluding hydrogens is 272 g/mol. The minimum atomic E-state index is 0.185. The Morgan fingerprint density at radius 2 is 1.95 bits per heavy atom. The molecule has 1 amide bonds. The average molecular weight is 300 g/mol. The Hall–Kier alpha value is -0.260. The van der Waals surface area contributed by atoms with Gasteiger partial charge in [-0.05, 0) is 19.1 Å². The fourth-order valence-corrected chi connectivity index (χ4v) is 3.76. The van der Waals surface area contributed by atoms with E-state index < -0.39 is 0 Å². The average Bonchev–Trinajstić information content (AvgIpc) is 2.48. The number of hydrogen-bond acceptors (Lipinski definition) is 4. The molecule has 2 rings (SSSR count). The first-order valence-electron chi connectivity index (χ1n) is 7.80. The highest BCUT2D eigenvalue weighted by Crippen LogP contribution is 2.36. The van der Waals surface area contributed by atoms with Crippen LogP contribution in [-0.4, -0.2) is 62.2 Å². The minimum absolute atomic E-state index is 0.185. The Labute approximate surface area is 127 Å². The Morgan fingerprint density at radius 3 is 2.60 bits per heavy atom. The summed E-state index contributed by atoms with van der Waals surface area (Å²) in [7, 11) is 0. The minimum Gasteiger partial charge on any atom is -0.379 e. The maximum atomic E-state index is 11.8. The third-order valence-corrected chi connectivity index (χ3v) is 5.06. The van der Waals surface area contributed by atoms with Crippen LogP contribution in [0.3, 0.4) is 0 Å². The zero-order valence-electron chi connectivity index (χ0n) is 12.7. The number of ether oxygens (including phenoxy) is 1. The van der Waals surface area contributed by atoms with E-state index in [2.05, 4.69) is 10.2 Å². The van der Waals surface area contributed by atoms with Gasteiger partial charge in [0, 0.05) is 31.6 Å². The molecule has 0 aromatic carbocycles. The summed E-state index contributed by atoms with van der Waals surface area (Å²) in [6.07, 6.45) is 8.45. The molecule has 116 valence electrons. The predicted molar refractivity (Wildman–Crippen MR) is 84.2 cm³/mol. The van der Waals surface area contributed by atoms with Crippen molar-refractivity contribution in [3.05, 3.63) is 0 Å². The number of morpholine rings is 1. The Bertz CT molecular complexity index is 300. The van der Waals surface area contributed by atoms with Crippen molar-refractivity contribution in [2.75, 3.05) is 51.4 Å². The van der Waals surface area contributed by atoms with Crippen LogP contribution in [0.4, 0.5) is 0 Å². The van der Waals surface area contributed by atoms with Crippen molar-refractivity contribution in [3.63, 3.8) is 0 Å².